The van der Waals surface area contributed by atoms with Crippen LogP contribution in [0.1, 0.15) is 85.0 Å². The van der Waals surface area contributed by atoms with Gasteiger partial charge >= 0.3 is 0 Å². The van der Waals surface area contributed by atoms with E-state index in [9.17, 15) is 19.8 Å². The Labute approximate surface area is 217 Å². The largest absolute Gasteiger partial charge is 0.393 e. The summed E-state index contributed by atoms with van der Waals surface area (Å²) in [6.45, 7) is 9.83. The van der Waals surface area contributed by atoms with E-state index in [0.29, 0.717) is 37.3 Å². The van der Waals surface area contributed by atoms with Gasteiger partial charge in [0.25, 0.3) is 0 Å². The minimum absolute atomic E-state index is 0.00514. The Morgan fingerprint density at radius 3 is 2.39 bits per heavy atom. The van der Waals surface area contributed by atoms with Crippen LogP contribution in [-0.4, -0.2) is 82.8 Å². The van der Waals surface area contributed by atoms with E-state index in [1.54, 1.807) is 0 Å². The molecular weight excluding hydrogens is 454 g/mol. The highest BCUT2D eigenvalue weighted by atomic mass is 16.3. The molecule has 0 bridgehead atoms. The first-order valence-corrected chi connectivity index (χ1v) is 14.8. The molecule has 4 aliphatic carbocycles. The number of carbonyl (C=O) groups excluding carboxylic acids is 2. The second-order valence-corrected chi connectivity index (χ2v) is 13.3. The average molecular weight is 504 g/mol. The van der Waals surface area contributed by atoms with Gasteiger partial charge in [0.05, 0.1) is 18.8 Å². The van der Waals surface area contributed by atoms with Gasteiger partial charge in [-0.05, 0) is 92.3 Å². The third-order valence-electron chi connectivity index (χ3n) is 11.7. The molecule has 1 saturated heterocycles. The number of nitrogens with one attached hydrogen (secondary N) is 1. The van der Waals surface area contributed by atoms with E-state index in [1.165, 1.54) is 25.7 Å². The average Bonchev–Trinajstić information content (AvgIpc) is 3.17. The molecule has 1 aliphatic heterocycles. The van der Waals surface area contributed by atoms with E-state index < -0.39 is 0 Å². The molecule has 4 saturated carbocycles. The number of hydrogen-bond acceptors (Lipinski definition) is 5. The highest BCUT2D eigenvalue weighted by Gasteiger charge is 2.61. The molecule has 9 atom stereocenters. The predicted molar refractivity (Wildman–Crippen MR) is 139 cm³/mol. The Hall–Kier alpha value is -1.18. The Morgan fingerprint density at radius 2 is 1.67 bits per heavy atom. The number of carbonyl (C=O) groups is 2. The lowest BCUT2D eigenvalue weighted by atomic mass is 9.44. The molecule has 204 valence electrons. The van der Waals surface area contributed by atoms with Gasteiger partial charge < -0.3 is 20.4 Å². The number of nitrogens with zero attached hydrogens (tertiary/aromatic N) is 2. The first kappa shape index (κ1) is 26.4. The van der Waals surface area contributed by atoms with E-state index in [4.69, 9.17) is 0 Å². The molecule has 7 nitrogen and oxygen atoms in total. The minimum atomic E-state index is -0.294. The molecule has 0 spiro atoms. The van der Waals surface area contributed by atoms with Gasteiger partial charge in [0.15, 0.2) is 0 Å². The van der Waals surface area contributed by atoms with E-state index in [0.717, 1.165) is 51.1 Å². The minimum Gasteiger partial charge on any atom is -0.393 e. The molecule has 7 heteroatoms. The highest BCUT2D eigenvalue weighted by Crippen LogP contribution is 2.66. The molecule has 2 amide bonds. The van der Waals surface area contributed by atoms with Crippen LogP contribution in [0.3, 0.4) is 0 Å². The summed E-state index contributed by atoms with van der Waals surface area (Å²) in [5, 5.41) is 24.8. The predicted octanol–water partition coefficient (Wildman–Crippen LogP) is 2.79. The molecule has 5 rings (SSSR count). The monoisotopic (exact) mass is 503 g/mol. The van der Waals surface area contributed by atoms with Gasteiger partial charge in [-0.15, -0.1) is 0 Å². The van der Waals surface area contributed by atoms with Crippen molar-refractivity contribution in [2.45, 2.75) is 103 Å². The summed E-state index contributed by atoms with van der Waals surface area (Å²) in [5.41, 5.74) is 0.356. The Bertz CT molecular complexity index is 829. The van der Waals surface area contributed by atoms with Crippen molar-refractivity contribution in [3.05, 3.63) is 0 Å². The van der Waals surface area contributed by atoms with Crippen molar-refractivity contribution in [2.75, 3.05) is 32.7 Å². The summed E-state index contributed by atoms with van der Waals surface area (Å²) in [7, 11) is 0. The van der Waals surface area contributed by atoms with Crippen molar-refractivity contribution >= 4 is 11.8 Å². The first-order valence-electron chi connectivity index (χ1n) is 14.8. The molecule has 0 aromatic carbocycles. The second-order valence-electron chi connectivity index (χ2n) is 13.3. The third-order valence-corrected chi connectivity index (χ3v) is 11.7. The molecule has 5 aliphatic rings. The Morgan fingerprint density at radius 1 is 0.944 bits per heavy atom. The van der Waals surface area contributed by atoms with E-state index in [-0.39, 0.29) is 47.4 Å². The van der Waals surface area contributed by atoms with Gasteiger partial charge in [-0.1, -0.05) is 20.8 Å². The summed E-state index contributed by atoms with van der Waals surface area (Å²) in [6, 6.07) is 0.161. The van der Waals surface area contributed by atoms with Gasteiger partial charge in [0, 0.05) is 38.6 Å². The molecule has 0 aromatic rings. The number of hydrogen-bond donors (Lipinski definition) is 3. The van der Waals surface area contributed by atoms with Crippen molar-refractivity contribution < 1.29 is 19.8 Å². The fourth-order valence-electron chi connectivity index (χ4n) is 9.52. The van der Waals surface area contributed by atoms with Crippen LogP contribution in [0.5, 0.6) is 0 Å². The normalized spacial score (nSPS) is 44.9. The van der Waals surface area contributed by atoms with Crippen molar-refractivity contribution in [3.8, 4) is 0 Å². The topological polar surface area (TPSA) is 93.1 Å². The van der Waals surface area contributed by atoms with Gasteiger partial charge in [-0.3, -0.25) is 14.5 Å². The molecule has 5 fully saturated rings. The summed E-state index contributed by atoms with van der Waals surface area (Å²) in [5.74, 6) is 2.60. The van der Waals surface area contributed by atoms with Crippen LogP contribution in [-0.2, 0) is 9.59 Å². The summed E-state index contributed by atoms with van der Waals surface area (Å²) in [6.07, 6.45) is 9.77. The van der Waals surface area contributed by atoms with Gasteiger partial charge in [0.2, 0.25) is 11.8 Å². The standard InChI is InChI=1S/C29H49N3O4/c1-4-5-26(35)30-18-27(36)32-14-12-31(13-15-32)23-17-29(3)19(16-24(23)33)6-7-20-21-8-9-25(34)28(21,2)11-10-22(20)29/h19-25,33-34H,4-18H2,1-3H3,(H,30,35)/t19-,20-,21-,22-,23-,24-,25-,28-,29-/m0/s1. The van der Waals surface area contributed by atoms with Crippen molar-refractivity contribution in [1.29, 1.82) is 0 Å². The third kappa shape index (κ3) is 4.51. The lowest BCUT2D eigenvalue weighted by Crippen LogP contribution is -2.62. The quantitative estimate of drug-likeness (QED) is 0.537. The molecule has 0 aromatic heterocycles. The number of rotatable bonds is 5. The van der Waals surface area contributed by atoms with Crippen molar-refractivity contribution in [1.82, 2.24) is 15.1 Å². The van der Waals surface area contributed by atoms with E-state index >= 15 is 0 Å². The van der Waals surface area contributed by atoms with E-state index in [2.05, 4.69) is 24.1 Å². The second kappa shape index (κ2) is 10.2. The smallest absolute Gasteiger partial charge is 0.242 e. The Kier molecular flexibility index (Phi) is 7.47. The maximum absolute atomic E-state index is 12.6. The van der Waals surface area contributed by atoms with Crippen LogP contribution < -0.4 is 5.32 Å². The zero-order valence-corrected chi connectivity index (χ0v) is 22.8. The first-order chi connectivity index (χ1) is 17.2. The van der Waals surface area contributed by atoms with Crippen molar-refractivity contribution in [2.24, 2.45) is 34.5 Å². The lowest BCUT2D eigenvalue weighted by Gasteiger charge is -2.62. The summed E-state index contributed by atoms with van der Waals surface area (Å²) < 4.78 is 0. The number of fused-ring (bicyclic) bond motifs is 5. The van der Waals surface area contributed by atoms with Gasteiger partial charge in [-0.2, -0.15) is 0 Å². The molecule has 1 heterocycles. The number of piperazine rings is 1. The Balaban J connectivity index is 1.21. The zero-order valence-electron chi connectivity index (χ0n) is 22.8. The van der Waals surface area contributed by atoms with Crippen LogP contribution >= 0.6 is 0 Å². The van der Waals surface area contributed by atoms with Crippen LogP contribution in [0.2, 0.25) is 0 Å². The number of aliphatic hydroxyl groups is 2. The number of aliphatic hydroxyl groups excluding tert-OH is 2. The number of amides is 2. The van der Waals surface area contributed by atoms with Gasteiger partial charge in [-0.25, -0.2) is 0 Å². The molecule has 0 radical (unpaired) electrons. The SMILES string of the molecule is CCCC(=O)NCC(=O)N1CCN([C@H]2C[C@@]3(C)[C@@H](CC[C@@H]4[C@@H]3CC[C@]3(C)[C@@H](O)CC[C@@H]43)C[C@@H]2O)CC1. The van der Waals surface area contributed by atoms with Crippen LogP contribution in [0.4, 0.5) is 0 Å². The van der Waals surface area contributed by atoms with Crippen LogP contribution in [0.25, 0.3) is 0 Å². The zero-order chi connectivity index (χ0) is 25.7. The summed E-state index contributed by atoms with van der Waals surface area (Å²) in [4.78, 5) is 28.7. The molecule has 3 N–H and O–H groups in total. The molecule has 0 unspecified atom stereocenters. The van der Waals surface area contributed by atoms with E-state index in [1.807, 2.05) is 11.8 Å². The van der Waals surface area contributed by atoms with Crippen LogP contribution in [0, 0.1) is 34.5 Å². The lowest BCUT2D eigenvalue weighted by molar-refractivity contribution is -0.156. The molecule has 36 heavy (non-hydrogen) atoms. The maximum atomic E-state index is 12.6. The van der Waals surface area contributed by atoms with Gasteiger partial charge in [0.1, 0.15) is 0 Å². The fraction of sp³-hybridized carbons (Fsp3) is 0.931. The van der Waals surface area contributed by atoms with Crippen molar-refractivity contribution in [3.63, 3.8) is 0 Å². The molecular formula is C29H49N3O4. The van der Waals surface area contributed by atoms with Crippen LogP contribution in [0.15, 0.2) is 0 Å². The highest BCUT2D eigenvalue weighted by molar-refractivity contribution is 5.84. The maximum Gasteiger partial charge on any atom is 0.242 e. The fourth-order valence-corrected chi connectivity index (χ4v) is 9.52. The summed E-state index contributed by atoms with van der Waals surface area (Å²) >= 11 is 0.